The third kappa shape index (κ3) is 1.71. The number of benzene rings is 1. The molecule has 1 aliphatic heterocycles. The molecule has 0 radical (unpaired) electrons. The van der Waals surface area contributed by atoms with Crippen LogP contribution in [0.3, 0.4) is 0 Å². The summed E-state index contributed by atoms with van der Waals surface area (Å²) >= 11 is 0. The second-order valence-corrected chi connectivity index (χ2v) is 4.69. The van der Waals surface area contributed by atoms with E-state index in [2.05, 4.69) is 41.6 Å². The number of aryl methyl sites for hydroxylation is 2. The van der Waals surface area contributed by atoms with E-state index < -0.39 is 0 Å². The van der Waals surface area contributed by atoms with E-state index >= 15 is 0 Å². The van der Waals surface area contributed by atoms with Crippen molar-refractivity contribution in [3.63, 3.8) is 0 Å². The normalized spacial score (nSPS) is 14.2. The number of hydrogen-bond donors (Lipinski definition) is 1. The molecule has 0 atom stereocenters. The maximum Gasteiger partial charge on any atom is 0.116 e. The number of hydrogen-bond acceptors (Lipinski definition) is 2. The molecule has 3 rings (SSSR count). The average molecular weight is 227 g/mol. The molecule has 1 aromatic heterocycles. The quantitative estimate of drug-likeness (QED) is 0.811. The summed E-state index contributed by atoms with van der Waals surface area (Å²) in [5, 5.41) is 8.13. The largest absolute Gasteiger partial charge is 0.382 e. The fourth-order valence-corrected chi connectivity index (χ4v) is 2.41. The predicted octanol–water partition coefficient (Wildman–Crippen LogP) is 2.75. The standard InChI is InChI=1S/C14H17N3/c1-10-5-7-11(8-6-10)13-14-12(17(2)16-13)4-3-9-15-14/h5-8,15H,3-4,9H2,1-2H3. The Hall–Kier alpha value is -1.77. The van der Waals surface area contributed by atoms with Gasteiger partial charge in [0.15, 0.2) is 0 Å². The molecule has 0 fully saturated rings. The molecular weight excluding hydrogens is 210 g/mol. The third-order valence-corrected chi connectivity index (χ3v) is 3.38. The van der Waals surface area contributed by atoms with E-state index in [4.69, 9.17) is 0 Å². The second kappa shape index (κ2) is 3.91. The number of nitrogens with zero attached hydrogens (tertiary/aromatic N) is 2. The Balaban J connectivity index is 2.11. The van der Waals surface area contributed by atoms with Gasteiger partial charge in [0.1, 0.15) is 5.69 Å². The topological polar surface area (TPSA) is 29.9 Å². The summed E-state index contributed by atoms with van der Waals surface area (Å²) < 4.78 is 2.01. The molecule has 1 aliphatic rings. The number of fused-ring (bicyclic) bond motifs is 1. The van der Waals surface area contributed by atoms with Gasteiger partial charge in [0, 0.05) is 19.2 Å². The van der Waals surface area contributed by atoms with Gasteiger partial charge in [0.2, 0.25) is 0 Å². The molecule has 0 spiro atoms. The molecule has 88 valence electrons. The molecule has 0 bridgehead atoms. The van der Waals surface area contributed by atoms with Crippen molar-refractivity contribution >= 4 is 5.69 Å². The fraction of sp³-hybridized carbons (Fsp3) is 0.357. The van der Waals surface area contributed by atoms with Crippen molar-refractivity contribution in [2.45, 2.75) is 19.8 Å². The Bertz CT molecular complexity index is 537. The minimum Gasteiger partial charge on any atom is -0.382 e. The summed E-state index contributed by atoms with van der Waals surface area (Å²) in [6.45, 7) is 3.16. The van der Waals surface area contributed by atoms with E-state index in [1.165, 1.54) is 28.9 Å². The van der Waals surface area contributed by atoms with E-state index in [9.17, 15) is 0 Å². The van der Waals surface area contributed by atoms with Crippen molar-refractivity contribution < 1.29 is 0 Å². The highest BCUT2D eigenvalue weighted by molar-refractivity contribution is 5.77. The zero-order chi connectivity index (χ0) is 11.8. The van der Waals surface area contributed by atoms with Gasteiger partial charge in [-0.1, -0.05) is 29.8 Å². The molecule has 3 nitrogen and oxygen atoms in total. The lowest BCUT2D eigenvalue weighted by Gasteiger charge is -2.15. The number of rotatable bonds is 1. The number of aromatic nitrogens is 2. The monoisotopic (exact) mass is 227 g/mol. The fourth-order valence-electron chi connectivity index (χ4n) is 2.41. The zero-order valence-electron chi connectivity index (χ0n) is 10.3. The first kappa shape index (κ1) is 10.4. The van der Waals surface area contributed by atoms with Gasteiger partial charge in [-0.15, -0.1) is 0 Å². The van der Waals surface area contributed by atoms with E-state index in [-0.39, 0.29) is 0 Å². The van der Waals surface area contributed by atoms with Crippen molar-refractivity contribution in [1.82, 2.24) is 9.78 Å². The van der Waals surface area contributed by atoms with Crippen LogP contribution in [-0.4, -0.2) is 16.3 Å². The van der Waals surface area contributed by atoms with Crippen molar-refractivity contribution in [2.75, 3.05) is 11.9 Å². The Morgan fingerprint density at radius 1 is 1.24 bits per heavy atom. The smallest absolute Gasteiger partial charge is 0.116 e. The van der Waals surface area contributed by atoms with Gasteiger partial charge in [-0.3, -0.25) is 4.68 Å². The van der Waals surface area contributed by atoms with Crippen LogP contribution in [0.2, 0.25) is 0 Å². The predicted molar refractivity (Wildman–Crippen MR) is 70.2 cm³/mol. The van der Waals surface area contributed by atoms with Crippen LogP contribution in [0.25, 0.3) is 11.3 Å². The van der Waals surface area contributed by atoms with Crippen LogP contribution in [0, 0.1) is 6.92 Å². The third-order valence-electron chi connectivity index (χ3n) is 3.38. The van der Waals surface area contributed by atoms with Crippen LogP contribution in [0.5, 0.6) is 0 Å². The first-order chi connectivity index (χ1) is 8.25. The molecule has 0 amide bonds. The summed E-state index contributed by atoms with van der Waals surface area (Å²) in [7, 11) is 2.03. The first-order valence-corrected chi connectivity index (χ1v) is 6.12. The molecule has 2 aromatic rings. The maximum absolute atomic E-state index is 4.65. The molecule has 3 heteroatoms. The second-order valence-electron chi connectivity index (χ2n) is 4.69. The molecule has 17 heavy (non-hydrogen) atoms. The molecule has 0 saturated heterocycles. The Kier molecular flexibility index (Phi) is 2.39. The van der Waals surface area contributed by atoms with E-state index in [1.807, 2.05) is 11.7 Å². The molecule has 1 N–H and O–H groups in total. The van der Waals surface area contributed by atoms with Crippen LogP contribution in [0.4, 0.5) is 5.69 Å². The van der Waals surface area contributed by atoms with Gasteiger partial charge in [-0.25, -0.2) is 0 Å². The van der Waals surface area contributed by atoms with E-state index in [1.54, 1.807) is 0 Å². The highest BCUT2D eigenvalue weighted by Crippen LogP contribution is 2.32. The zero-order valence-corrected chi connectivity index (χ0v) is 10.3. The molecule has 1 aromatic carbocycles. The summed E-state index contributed by atoms with van der Waals surface area (Å²) in [5.74, 6) is 0. The SMILES string of the molecule is Cc1ccc(-c2nn(C)c3c2NCCC3)cc1. The van der Waals surface area contributed by atoms with Crippen LogP contribution >= 0.6 is 0 Å². The molecule has 0 unspecified atom stereocenters. The van der Waals surface area contributed by atoms with Crippen molar-refractivity contribution in [3.8, 4) is 11.3 Å². The highest BCUT2D eigenvalue weighted by Gasteiger charge is 2.19. The Morgan fingerprint density at radius 2 is 2.00 bits per heavy atom. The number of anilines is 1. The molecule has 0 saturated carbocycles. The van der Waals surface area contributed by atoms with Crippen LogP contribution in [0.1, 0.15) is 17.7 Å². The van der Waals surface area contributed by atoms with Crippen LogP contribution < -0.4 is 5.32 Å². The van der Waals surface area contributed by atoms with Gasteiger partial charge < -0.3 is 5.32 Å². The van der Waals surface area contributed by atoms with Crippen LogP contribution in [0.15, 0.2) is 24.3 Å². The van der Waals surface area contributed by atoms with Gasteiger partial charge in [-0.05, 0) is 19.8 Å². The van der Waals surface area contributed by atoms with Gasteiger partial charge in [0.25, 0.3) is 0 Å². The van der Waals surface area contributed by atoms with E-state index in [0.29, 0.717) is 0 Å². The molecular formula is C14H17N3. The maximum atomic E-state index is 4.65. The van der Waals surface area contributed by atoms with Crippen molar-refractivity contribution in [2.24, 2.45) is 7.05 Å². The van der Waals surface area contributed by atoms with E-state index in [0.717, 1.165) is 18.7 Å². The summed E-state index contributed by atoms with van der Waals surface area (Å²) in [6.07, 6.45) is 2.32. The van der Waals surface area contributed by atoms with Gasteiger partial charge in [-0.2, -0.15) is 5.10 Å². The lowest BCUT2D eigenvalue weighted by atomic mass is 10.0. The lowest BCUT2D eigenvalue weighted by molar-refractivity contribution is 0.683. The van der Waals surface area contributed by atoms with Crippen LogP contribution in [-0.2, 0) is 13.5 Å². The minimum atomic E-state index is 1.05. The lowest BCUT2D eigenvalue weighted by Crippen LogP contribution is -2.13. The first-order valence-electron chi connectivity index (χ1n) is 6.12. The Morgan fingerprint density at radius 3 is 2.76 bits per heavy atom. The molecule has 2 heterocycles. The minimum absolute atomic E-state index is 1.05. The Labute approximate surface area is 101 Å². The molecule has 0 aliphatic carbocycles. The van der Waals surface area contributed by atoms with Gasteiger partial charge >= 0.3 is 0 Å². The van der Waals surface area contributed by atoms with Crippen molar-refractivity contribution in [3.05, 3.63) is 35.5 Å². The highest BCUT2D eigenvalue weighted by atomic mass is 15.3. The summed E-state index contributed by atoms with van der Waals surface area (Å²) in [4.78, 5) is 0. The average Bonchev–Trinajstić information content (AvgIpc) is 2.69. The number of nitrogens with one attached hydrogen (secondary N) is 1. The van der Waals surface area contributed by atoms with Gasteiger partial charge in [0.05, 0.1) is 11.4 Å². The van der Waals surface area contributed by atoms with Crippen molar-refractivity contribution in [1.29, 1.82) is 0 Å². The summed E-state index contributed by atoms with van der Waals surface area (Å²) in [6, 6.07) is 8.57. The summed E-state index contributed by atoms with van der Waals surface area (Å²) in [5.41, 5.74) is 6.12.